The normalized spacial score (nSPS) is 0. The summed E-state index contributed by atoms with van der Waals surface area (Å²) in [6.45, 7) is 0. The first-order valence-electron chi connectivity index (χ1n) is 0. The number of hydrogen-bond acceptors (Lipinski definition) is 0. The first-order valence-corrected chi connectivity index (χ1v) is 0. The maximum atomic E-state index is 0. The molecule has 0 fully saturated rings. The molecular formula is CaCoMgMn. The summed E-state index contributed by atoms with van der Waals surface area (Å²) in [6, 6.07) is 0. The average molecular weight is 178 g/mol. The van der Waals surface area contributed by atoms with Gasteiger partial charge in [-0.05, 0) is 0 Å². The summed E-state index contributed by atoms with van der Waals surface area (Å²) in [7, 11) is 0. The van der Waals surface area contributed by atoms with Crippen LogP contribution in [0, 0.1) is 0 Å². The molecule has 0 saturated heterocycles. The molecule has 0 aromatic heterocycles. The number of hydrogen-bond donors (Lipinski definition) is 0. The molecule has 20 valence electrons. The molecule has 0 aromatic carbocycles. The molecule has 0 N–H and O–H groups in total. The van der Waals surface area contributed by atoms with Gasteiger partial charge in [-0.2, -0.15) is 0 Å². The maximum Gasteiger partial charge on any atom is 0 e. The van der Waals surface area contributed by atoms with E-state index in [4.69, 9.17) is 0 Å². The minimum Gasteiger partial charge on any atom is 0 e. The third-order valence-corrected chi connectivity index (χ3v) is 0. The summed E-state index contributed by atoms with van der Waals surface area (Å²) in [4.78, 5) is 0. The summed E-state index contributed by atoms with van der Waals surface area (Å²) < 4.78 is 0. The zero-order chi connectivity index (χ0) is 0. The Labute approximate surface area is 92.7 Å². The van der Waals surface area contributed by atoms with Crippen molar-refractivity contribution in [3.8, 4) is 0 Å². The molecule has 4 heavy (non-hydrogen) atoms. The molecule has 0 saturated carbocycles. The van der Waals surface area contributed by atoms with Crippen LogP contribution in [0.5, 0.6) is 0 Å². The molecule has 0 spiro atoms. The molecule has 0 atom stereocenters. The van der Waals surface area contributed by atoms with Gasteiger partial charge in [0.1, 0.15) is 0 Å². The fourth-order valence-corrected chi connectivity index (χ4v) is 0. The van der Waals surface area contributed by atoms with Gasteiger partial charge in [0.05, 0.1) is 0 Å². The average Bonchev–Trinajstić information content (AvgIpc) is 0. The van der Waals surface area contributed by atoms with Gasteiger partial charge in [-0.1, -0.05) is 0 Å². The molecule has 0 unspecified atom stereocenters. The van der Waals surface area contributed by atoms with Crippen LogP contribution in [0.25, 0.3) is 0 Å². The van der Waals surface area contributed by atoms with Crippen LogP contribution < -0.4 is 0 Å². The second-order valence-corrected chi connectivity index (χ2v) is 0. The SMILES string of the molecule is [Ca].[Co].[Mg].[Mn]. The standard InChI is InChI=1S/Ca.Co.Mg.Mn. The summed E-state index contributed by atoms with van der Waals surface area (Å²) in [5.74, 6) is 0. The van der Waals surface area contributed by atoms with Crippen molar-refractivity contribution in [3.63, 3.8) is 0 Å². The Morgan fingerprint density at radius 2 is 1.00 bits per heavy atom. The van der Waals surface area contributed by atoms with E-state index in [1.54, 1.807) is 0 Å². The Morgan fingerprint density at radius 1 is 1.00 bits per heavy atom. The minimum atomic E-state index is 0. The van der Waals surface area contributed by atoms with Gasteiger partial charge in [0.15, 0.2) is 0 Å². The van der Waals surface area contributed by atoms with Crippen molar-refractivity contribution in [2.75, 3.05) is 0 Å². The molecule has 4 heteroatoms. The van der Waals surface area contributed by atoms with Gasteiger partial charge >= 0.3 is 0 Å². The summed E-state index contributed by atoms with van der Waals surface area (Å²) >= 11 is 0. The van der Waals surface area contributed by atoms with Crippen LogP contribution in [0.1, 0.15) is 0 Å². The minimum absolute atomic E-state index is 0. The second kappa shape index (κ2) is 16.6. The Morgan fingerprint density at radius 3 is 1.00 bits per heavy atom. The van der Waals surface area contributed by atoms with Crippen LogP contribution in [-0.2, 0) is 33.8 Å². The Balaban J connectivity index is 0. The number of rotatable bonds is 0. The van der Waals surface area contributed by atoms with E-state index in [0.717, 1.165) is 0 Å². The zero-order valence-corrected chi connectivity index (χ0v) is 7.97. The molecule has 0 nitrogen and oxygen atoms in total. The smallest absolute Gasteiger partial charge is 0 e. The Kier molecular flexibility index (Phi) is 115. The van der Waals surface area contributed by atoms with E-state index >= 15 is 0 Å². The molecule has 0 aliphatic heterocycles. The molecule has 0 rings (SSSR count). The van der Waals surface area contributed by atoms with Gasteiger partial charge < -0.3 is 0 Å². The molecule has 6 radical (unpaired) electrons. The molecule has 0 amide bonds. The van der Waals surface area contributed by atoms with E-state index in [1.165, 1.54) is 0 Å². The fourth-order valence-electron chi connectivity index (χ4n) is 0. The van der Waals surface area contributed by atoms with E-state index in [2.05, 4.69) is 0 Å². The molecule has 0 aliphatic carbocycles. The van der Waals surface area contributed by atoms with Crippen LogP contribution in [0.3, 0.4) is 0 Å². The van der Waals surface area contributed by atoms with Crippen molar-refractivity contribution >= 4 is 60.8 Å². The van der Waals surface area contributed by atoms with Crippen molar-refractivity contribution in [1.29, 1.82) is 0 Å². The van der Waals surface area contributed by atoms with Gasteiger partial charge in [-0.3, -0.25) is 0 Å². The Hall–Kier alpha value is 3.05. The van der Waals surface area contributed by atoms with Crippen LogP contribution >= 0.6 is 0 Å². The van der Waals surface area contributed by atoms with E-state index in [1.807, 2.05) is 0 Å². The quantitative estimate of drug-likeness (QED) is 0.427. The van der Waals surface area contributed by atoms with E-state index in [9.17, 15) is 0 Å². The summed E-state index contributed by atoms with van der Waals surface area (Å²) in [6.07, 6.45) is 0. The second-order valence-electron chi connectivity index (χ2n) is 0. The van der Waals surface area contributed by atoms with Crippen LogP contribution in [0.15, 0.2) is 0 Å². The first kappa shape index (κ1) is 27.7. The molecule has 0 aliphatic rings. The molecule has 0 heterocycles. The van der Waals surface area contributed by atoms with Crippen LogP contribution in [0.2, 0.25) is 0 Å². The third-order valence-electron chi connectivity index (χ3n) is 0. The largest absolute Gasteiger partial charge is 0 e. The van der Waals surface area contributed by atoms with Crippen molar-refractivity contribution in [2.45, 2.75) is 0 Å². The molecular weight excluding hydrogens is 178 g/mol. The predicted molar refractivity (Wildman–Crippen MR) is 11.5 cm³/mol. The van der Waals surface area contributed by atoms with Gasteiger partial charge in [0, 0.05) is 94.6 Å². The monoisotopic (exact) mass is 178 g/mol. The predicted octanol–water partition coefficient (Wildman–Crippen LogP) is -0.767. The summed E-state index contributed by atoms with van der Waals surface area (Å²) in [5, 5.41) is 0. The fraction of sp³-hybridized carbons (Fsp3) is 0. The van der Waals surface area contributed by atoms with E-state index in [-0.39, 0.29) is 94.6 Å². The Bertz CT molecular complexity index is 8.00. The van der Waals surface area contributed by atoms with Crippen LogP contribution in [-0.4, -0.2) is 60.8 Å². The van der Waals surface area contributed by atoms with Gasteiger partial charge in [-0.25, -0.2) is 0 Å². The van der Waals surface area contributed by atoms with Gasteiger partial charge in [0.2, 0.25) is 0 Å². The van der Waals surface area contributed by atoms with Crippen LogP contribution in [0.4, 0.5) is 0 Å². The van der Waals surface area contributed by atoms with Gasteiger partial charge in [-0.15, -0.1) is 0 Å². The van der Waals surface area contributed by atoms with Crippen molar-refractivity contribution in [2.24, 2.45) is 0 Å². The molecule has 0 bridgehead atoms. The third kappa shape index (κ3) is 8.90. The van der Waals surface area contributed by atoms with Crippen molar-refractivity contribution in [3.05, 3.63) is 0 Å². The zero-order valence-electron chi connectivity index (χ0n) is 2.13. The van der Waals surface area contributed by atoms with Crippen molar-refractivity contribution in [1.82, 2.24) is 0 Å². The van der Waals surface area contributed by atoms with Gasteiger partial charge in [0.25, 0.3) is 0 Å². The maximum absolute atomic E-state index is 0. The topological polar surface area (TPSA) is 0 Å². The van der Waals surface area contributed by atoms with E-state index < -0.39 is 0 Å². The van der Waals surface area contributed by atoms with Crippen molar-refractivity contribution < 1.29 is 33.8 Å². The molecule has 0 aromatic rings. The summed E-state index contributed by atoms with van der Waals surface area (Å²) in [5.41, 5.74) is 0. The first-order chi connectivity index (χ1) is 0. The van der Waals surface area contributed by atoms with E-state index in [0.29, 0.717) is 0 Å².